The van der Waals surface area contributed by atoms with E-state index < -0.39 is 0 Å². The summed E-state index contributed by atoms with van der Waals surface area (Å²) in [5.41, 5.74) is 2.75. The highest BCUT2D eigenvalue weighted by molar-refractivity contribution is 7.14. The molecule has 6 nitrogen and oxygen atoms in total. The fraction of sp³-hybridized carbons (Fsp3) is 0.312. The van der Waals surface area contributed by atoms with E-state index in [0.717, 1.165) is 16.9 Å². The number of amides is 2. The monoisotopic (exact) mass is 333 g/mol. The molecule has 23 heavy (non-hydrogen) atoms. The lowest BCUT2D eigenvalue weighted by atomic mass is 10.2. The average molecular weight is 333 g/mol. The molecule has 2 rings (SSSR count). The Balaban J connectivity index is 2.12. The van der Waals surface area contributed by atoms with Crippen molar-refractivity contribution in [3.05, 3.63) is 40.9 Å². The standard InChI is InChI=1S/C16H20N4O2S/c1-11-5-4-6-14(7-11)20(12(2)21)16-19-13(10-23-16)8-18-9-15(22)17-3/h4-7,10,18H,8-9H2,1-3H3,(H,17,22)/p+1. The van der Waals surface area contributed by atoms with E-state index >= 15 is 0 Å². The second-order valence-electron chi connectivity index (χ2n) is 5.18. The first kappa shape index (κ1) is 17.1. The van der Waals surface area contributed by atoms with E-state index in [1.807, 2.05) is 41.9 Å². The summed E-state index contributed by atoms with van der Waals surface area (Å²) < 4.78 is 0. The van der Waals surface area contributed by atoms with Gasteiger partial charge in [-0.2, -0.15) is 0 Å². The molecular formula is C16H21N4O2S+. The van der Waals surface area contributed by atoms with Crippen molar-refractivity contribution >= 4 is 34.0 Å². The molecule has 122 valence electrons. The number of hydrogen-bond donors (Lipinski definition) is 2. The van der Waals surface area contributed by atoms with Crippen LogP contribution in [-0.2, 0) is 16.1 Å². The van der Waals surface area contributed by atoms with Crippen molar-refractivity contribution < 1.29 is 14.9 Å². The maximum absolute atomic E-state index is 12.0. The van der Waals surface area contributed by atoms with Gasteiger partial charge in [0.2, 0.25) is 5.91 Å². The Labute approximate surface area is 139 Å². The number of hydrogen-bond acceptors (Lipinski definition) is 4. The quantitative estimate of drug-likeness (QED) is 0.826. The third-order valence-electron chi connectivity index (χ3n) is 3.27. The molecule has 1 aromatic carbocycles. The Morgan fingerprint density at radius 1 is 1.39 bits per heavy atom. The summed E-state index contributed by atoms with van der Waals surface area (Å²) in [4.78, 5) is 29.4. The summed E-state index contributed by atoms with van der Waals surface area (Å²) >= 11 is 1.42. The van der Waals surface area contributed by atoms with Crippen LogP contribution in [0, 0.1) is 6.92 Å². The number of likely N-dealkylation sites (N-methyl/N-ethyl adjacent to an activating group) is 1. The molecule has 0 aliphatic carbocycles. The number of rotatable bonds is 6. The lowest BCUT2D eigenvalue weighted by molar-refractivity contribution is -0.660. The van der Waals surface area contributed by atoms with Crippen LogP contribution in [0.15, 0.2) is 29.6 Å². The predicted octanol–water partition coefficient (Wildman–Crippen LogP) is 0.946. The van der Waals surface area contributed by atoms with E-state index in [1.165, 1.54) is 18.3 Å². The molecule has 0 aliphatic rings. The zero-order valence-electron chi connectivity index (χ0n) is 13.5. The van der Waals surface area contributed by atoms with E-state index in [0.29, 0.717) is 18.2 Å². The molecule has 3 N–H and O–H groups in total. The highest BCUT2D eigenvalue weighted by Crippen LogP contribution is 2.29. The van der Waals surface area contributed by atoms with Gasteiger partial charge in [0.15, 0.2) is 11.7 Å². The number of nitrogens with one attached hydrogen (secondary N) is 1. The van der Waals surface area contributed by atoms with Crippen molar-refractivity contribution in [3.63, 3.8) is 0 Å². The number of nitrogens with zero attached hydrogens (tertiary/aromatic N) is 2. The maximum Gasteiger partial charge on any atom is 0.274 e. The highest BCUT2D eigenvalue weighted by atomic mass is 32.1. The van der Waals surface area contributed by atoms with Gasteiger partial charge in [-0.1, -0.05) is 12.1 Å². The molecule has 1 aromatic heterocycles. The number of benzene rings is 1. The van der Waals surface area contributed by atoms with Crippen LogP contribution in [0.1, 0.15) is 18.2 Å². The van der Waals surface area contributed by atoms with Crippen molar-refractivity contribution in [1.29, 1.82) is 0 Å². The number of quaternary nitrogens is 1. The smallest absolute Gasteiger partial charge is 0.274 e. The average Bonchev–Trinajstić information content (AvgIpc) is 2.95. The molecule has 7 heteroatoms. The summed E-state index contributed by atoms with van der Waals surface area (Å²) in [5.74, 6) is -0.101. The molecule has 2 aromatic rings. The number of thiazole rings is 1. The van der Waals surface area contributed by atoms with Crippen LogP contribution in [0.4, 0.5) is 10.8 Å². The van der Waals surface area contributed by atoms with Crippen LogP contribution in [-0.4, -0.2) is 30.4 Å². The second kappa shape index (κ2) is 7.85. The van der Waals surface area contributed by atoms with Gasteiger partial charge in [0.05, 0.1) is 5.69 Å². The minimum Gasteiger partial charge on any atom is -0.354 e. The van der Waals surface area contributed by atoms with Crippen molar-refractivity contribution in [3.8, 4) is 0 Å². The second-order valence-corrected chi connectivity index (χ2v) is 6.02. The SMILES string of the molecule is CNC(=O)C[NH2+]Cc1csc(N(C(C)=O)c2cccc(C)c2)n1. The first-order valence-corrected chi connectivity index (χ1v) is 8.23. The number of nitrogens with two attached hydrogens (primary N) is 1. The van der Waals surface area contributed by atoms with Gasteiger partial charge >= 0.3 is 0 Å². The summed E-state index contributed by atoms with van der Waals surface area (Å²) in [6.07, 6.45) is 0. The van der Waals surface area contributed by atoms with E-state index in [2.05, 4.69) is 10.3 Å². The molecule has 0 bridgehead atoms. The van der Waals surface area contributed by atoms with Crippen LogP contribution in [0.2, 0.25) is 0 Å². The molecule has 0 atom stereocenters. The lowest BCUT2D eigenvalue weighted by Crippen LogP contribution is -2.85. The summed E-state index contributed by atoms with van der Waals surface area (Å²) in [6.45, 7) is 4.48. The van der Waals surface area contributed by atoms with Crippen molar-refractivity contribution in [2.24, 2.45) is 0 Å². The topological polar surface area (TPSA) is 78.9 Å². The third-order valence-corrected chi connectivity index (χ3v) is 4.14. The number of aryl methyl sites for hydroxylation is 1. The van der Waals surface area contributed by atoms with Crippen LogP contribution >= 0.6 is 11.3 Å². The van der Waals surface area contributed by atoms with Gasteiger partial charge in [0.25, 0.3) is 5.91 Å². The van der Waals surface area contributed by atoms with Gasteiger partial charge in [-0.25, -0.2) is 4.98 Å². The molecule has 0 unspecified atom stereocenters. The Kier molecular flexibility index (Phi) is 5.84. The highest BCUT2D eigenvalue weighted by Gasteiger charge is 2.18. The maximum atomic E-state index is 12.0. The summed E-state index contributed by atoms with van der Waals surface area (Å²) in [6, 6.07) is 7.77. The molecule has 0 fully saturated rings. The molecule has 1 heterocycles. The van der Waals surface area contributed by atoms with Gasteiger partial charge in [-0.05, 0) is 24.6 Å². The first-order chi connectivity index (χ1) is 11.0. The van der Waals surface area contributed by atoms with E-state index in [4.69, 9.17) is 0 Å². The number of aromatic nitrogens is 1. The molecule has 0 radical (unpaired) electrons. The summed E-state index contributed by atoms with van der Waals surface area (Å²) in [7, 11) is 1.61. The normalized spacial score (nSPS) is 10.4. The molecule has 0 spiro atoms. The fourth-order valence-electron chi connectivity index (χ4n) is 2.14. The third kappa shape index (κ3) is 4.61. The molecular weight excluding hydrogens is 312 g/mol. The molecule has 0 saturated carbocycles. The predicted molar refractivity (Wildman–Crippen MR) is 90.7 cm³/mol. The van der Waals surface area contributed by atoms with Crippen LogP contribution in [0.5, 0.6) is 0 Å². The summed E-state index contributed by atoms with van der Waals surface area (Å²) in [5, 5.41) is 7.02. The largest absolute Gasteiger partial charge is 0.354 e. The molecule has 0 aliphatic heterocycles. The zero-order chi connectivity index (χ0) is 16.8. The van der Waals surface area contributed by atoms with E-state index in [1.54, 1.807) is 11.9 Å². The van der Waals surface area contributed by atoms with Gasteiger partial charge in [-0.15, -0.1) is 11.3 Å². The number of anilines is 2. The minimum atomic E-state index is -0.0779. The van der Waals surface area contributed by atoms with Gasteiger partial charge in [0.1, 0.15) is 12.2 Å². The Bertz CT molecular complexity index is 699. The number of carbonyl (C=O) groups is 2. The Morgan fingerprint density at radius 2 is 2.17 bits per heavy atom. The van der Waals surface area contributed by atoms with Crippen LogP contribution < -0.4 is 15.5 Å². The minimum absolute atomic E-state index is 0.0226. The van der Waals surface area contributed by atoms with Crippen LogP contribution in [0.25, 0.3) is 0 Å². The lowest BCUT2D eigenvalue weighted by Gasteiger charge is -2.18. The Hall–Kier alpha value is -2.25. The van der Waals surface area contributed by atoms with Gasteiger partial charge in [0, 0.05) is 19.4 Å². The van der Waals surface area contributed by atoms with Gasteiger partial charge < -0.3 is 10.6 Å². The molecule has 0 saturated heterocycles. The Morgan fingerprint density at radius 3 is 2.83 bits per heavy atom. The molecule has 2 amide bonds. The zero-order valence-corrected chi connectivity index (χ0v) is 14.3. The van der Waals surface area contributed by atoms with Gasteiger partial charge in [-0.3, -0.25) is 14.5 Å². The van der Waals surface area contributed by atoms with Crippen molar-refractivity contribution in [1.82, 2.24) is 10.3 Å². The van der Waals surface area contributed by atoms with E-state index in [-0.39, 0.29) is 11.8 Å². The van der Waals surface area contributed by atoms with Crippen molar-refractivity contribution in [2.45, 2.75) is 20.4 Å². The fourth-order valence-corrected chi connectivity index (χ4v) is 3.04. The van der Waals surface area contributed by atoms with Crippen molar-refractivity contribution in [2.75, 3.05) is 18.5 Å². The first-order valence-electron chi connectivity index (χ1n) is 7.35. The van der Waals surface area contributed by atoms with E-state index in [9.17, 15) is 9.59 Å². The van der Waals surface area contributed by atoms with Crippen LogP contribution in [0.3, 0.4) is 0 Å². The number of carbonyl (C=O) groups excluding carboxylic acids is 2.